The van der Waals surface area contributed by atoms with Crippen LogP contribution in [0.2, 0.25) is 0 Å². The van der Waals surface area contributed by atoms with Gasteiger partial charge in [-0.2, -0.15) is 5.10 Å². The van der Waals surface area contributed by atoms with Crippen molar-refractivity contribution in [2.45, 2.75) is 32.6 Å². The molecular formula is C13H14N4O2S. The lowest BCUT2D eigenvalue weighted by Gasteiger charge is -2.05. The SMILES string of the molecule is Cc1n[nH]c(=O)c(C(=O)Nc2nc(C3CC3)cs2)c1C. The number of anilines is 1. The molecule has 3 rings (SSSR count). The number of carbonyl (C=O) groups excluding carboxylic acids is 1. The molecule has 6 nitrogen and oxygen atoms in total. The number of aromatic amines is 1. The number of nitrogens with one attached hydrogen (secondary N) is 2. The Hall–Kier alpha value is -2.02. The van der Waals surface area contributed by atoms with Crippen LogP contribution < -0.4 is 10.9 Å². The van der Waals surface area contributed by atoms with Gasteiger partial charge in [0.15, 0.2) is 5.13 Å². The van der Waals surface area contributed by atoms with E-state index in [0.717, 1.165) is 5.69 Å². The van der Waals surface area contributed by atoms with E-state index in [4.69, 9.17) is 0 Å². The van der Waals surface area contributed by atoms with Crippen molar-refractivity contribution in [1.82, 2.24) is 15.2 Å². The van der Waals surface area contributed by atoms with Gasteiger partial charge in [-0.3, -0.25) is 14.9 Å². The number of amides is 1. The van der Waals surface area contributed by atoms with Crippen molar-refractivity contribution < 1.29 is 4.79 Å². The van der Waals surface area contributed by atoms with Gasteiger partial charge in [0, 0.05) is 11.3 Å². The molecule has 1 saturated carbocycles. The highest BCUT2D eigenvalue weighted by atomic mass is 32.1. The summed E-state index contributed by atoms with van der Waals surface area (Å²) >= 11 is 1.39. The Bertz CT molecular complexity index is 730. The molecule has 0 radical (unpaired) electrons. The largest absolute Gasteiger partial charge is 0.298 e. The standard InChI is InChI=1S/C13H14N4O2S/c1-6-7(2)16-17-12(19)10(6)11(18)15-13-14-9(5-20-13)8-3-4-8/h5,8H,3-4H2,1-2H3,(H,17,19)(H,14,15,18). The van der Waals surface area contributed by atoms with Crippen LogP contribution in [0.25, 0.3) is 0 Å². The number of thiazole rings is 1. The van der Waals surface area contributed by atoms with Gasteiger partial charge in [0.25, 0.3) is 11.5 Å². The molecule has 0 bridgehead atoms. The van der Waals surface area contributed by atoms with Gasteiger partial charge >= 0.3 is 0 Å². The van der Waals surface area contributed by atoms with Crippen molar-refractivity contribution in [3.05, 3.63) is 38.2 Å². The minimum absolute atomic E-state index is 0.0978. The van der Waals surface area contributed by atoms with E-state index in [1.165, 1.54) is 24.2 Å². The Balaban J connectivity index is 1.85. The van der Waals surface area contributed by atoms with E-state index in [1.807, 2.05) is 5.38 Å². The highest BCUT2D eigenvalue weighted by molar-refractivity contribution is 7.14. The highest BCUT2D eigenvalue weighted by Gasteiger charge is 2.26. The zero-order valence-corrected chi connectivity index (χ0v) is 12.0. The second-order valence-electron chi connectivity index (χ2n) is 4.94. The molecule has 2 heterocycles. The molecular weight excluding hydrogens is 276 g/mol. The van der Waals surface area contributed by atoms with Crippen molar-refractivity contribution in [2.75, 3.05) is 5.32 Å². The molecule has 1 amide bonds. The van der Waals surface area contributed by atoms with Gasteiger partial charge in [-0.1, -0.05) is 0 Å². The first-order valence-corrected chi connectivity index (χ1v) is 7.27. The van der Waals surface area contributed by atoms with E-state index in [2.05, 4.69) is 20.5 Å². The van der Waals surface area contributed by atoms with E-state index in [1.54, 1.807) is 13.8 Å². The first-order chi connectivity index (χ1) is 9.56. The molecule has 0 spiro atoms. The lowest BCUT2D eigenvalue weighted by atomic mass is 10.1. The molecule has 7 heteroatoms. The quantitative estimate of drug-likeness (QED) is 0.904. The van der Waals surface area contributed by atoms with Gasteiger partial charge in [-0.25, -0.2) is 10.1 Å². The predicted molar refractivity (Wildman–Crippen MR) is 76.4 cm³/mol. The van der Waals surface area contributed by atoms with Crippen LogP contribution in [0.15, 0.2) is 10.2 Å². The fourth-order valence-electron chi connectivity index (χ4n) is 1.97. The van der Waals surface area contributed by atoms with E-state index < -0.39 is 11.5 Å². The number of hydrogen-bond donors (Lipinski definition) is 2. The Morgan fingerprint density at radius 1 is 1.45 bits per heavy atom. The second-order valence-corrected chi connectivity index (χ2v) is 5.80. The van der Waals surface area contributed by atoms with Crippen LogP contribution in [0.4, 0.5) is 5.13 Å². The van der Waals surface area contributed by atoms with Crippen LogP contribution in [-0.4, -0.2) is 21.1 Å². The Kier molecular flexibility index (Phi) is 3.13. The maximum Gasteiger partial charge on any atom is 0.277 e. The second kappa shape index (κ2) is 4.82. The summed E-state index contributed by atoms with van der Waals surface area (Å²) in [5.74, 6) is 0.108. The first-order valence-electron chi connectivity index (χ1n) is 6.39. The minimum atomic E-state index is -0.482. The average Bonchev–Trinajstić information content (AvgIpc) is 3.16. The van der Waals surface area contributed by atoms with Crippen molar-refractivity contribution in [3.63, 3.8) is 0 Å². The summed E-state index contributed by atoms with van der Waals surface area (Å²) in [5.41, 5.74) is 1.87. The maximum atomic E-state index is 12.2. The van der Waals surface area contributed by atoms with Crippen LogP contribution >= 0.6 is 11.3 Å². The molecule has 0 saturated heterocycles. The molecule has 1 fully saturated rings. The molecule has 1 aliphatic rings. The van der Waals surface area contributed by atoms with Crippen LogP contribution in [0, 0.1) is 13.8 Å². The zero-order chi connectivity index (χ0) is 14.3. The molecule has 20 heavy (non-hydrogen) atoms. The third-order valence-electron chi connectivity index (χ3n) is 3.44. The summed E-state index contributed by atoms with van der Waals surface area (Å²) in [6.07, 6.45) is 2.33. The van der Waals surface area contributed by atoms with E-state index in [9.17, 15) is 9.59 Å². The molecule has 0 unspecified atom stereocenters. The summed E-state index contributed by atoms with van der Waals surface area (Å²) in [4.78, 5) is 28.3. The lowest BCUT2D eigenvalue weighted by Crippen LogP contribution is -2.26. The fraction of sp³-hybridized carbons (Fsp3) is 0.385. The third-order valence-corrected chi connectivity index (χ3v) is 4.21. The molecule has 1 aliphatic carbocycles. The van der Waals surface area contributed by atoms with Crippen LogP contribution in [0.1, 0.15) is 46.1 Å². The molecule has 2 N–H and O–H groups in total. The number of hydrogen-bond acceptors (Lipinski definition) is 5. The minimum Gasteiger partial charge on any atom is -0.298 e. The van der Waals surface area contributed by atoms with Crippen LogP contribution in [0.3, 0.4) is 0 Å². The molecule has 2 aromatic rings. The smallest absolute Gasteiger partial charge is 0.277 e. The van der Waals surface area contributed by atoms with E-state index in [0.29, 0.717) is 22.3 Å². The summed E-state index contributed by atoms with van der Waals surface area (Å²) < 4.78 is 0. The Labute approximate surface area is 119 Å². The van der Waals surface area contributed by atoms with Gasteiger partial charge in [0.2, 0.25) is 0 Å². The van der Waals surface area contributed by atoms with Gasteiger partial charge in [-0.15, -0.1) is 11.3 Å². The number of nitrogens with zero attached hydrogens (tertiary/aromatic N) is 2. The lowest BCUT2D eigenvalue weighted by molar-refractivity contribution is 0.102. The summed E-state index contributed by atoms with van der Waals surface area (Å²) in [6, 6.07) is 0. The van der Waals surface area contributed by atoms with Crippen molar-refractivity contribution >= 4 is 22.4 Å². The summed E-state index contributed by atoms with van der Waals surface area (Å²) in [7, 11) is 0. The highest BCUT2D eigenvalue weighted by Crippen LogP contribution is 2.40. The number of rotatable bonds is 3. The van der Waals surface area contributed by atoms with E-state index in [-0.39, 0.29) is 5.56 Å². The van der Waals surface area contributed by atoms with Gasteiger partial charge in [0.1, 0.15) is 5.56 Å². The fourth-order valence-corrected chi connectivity index (χ4v) is 2.76. The number of H-pyrrole nitrogens is 1. The monoisotopic (exact) mass is 290 g/mol. The van der Waals surface area contributed by atoms with Gasteiger partial charge in [-0.05, 0) is 32.3 Å². The normalized spacial score (nSPS) is 14.3. The van der Waals surface area contributed by atoms with Crippen molar-refractivity contribution in [2.24, 2.45) is 0 Å². The van der Waals surface area contributed by atoms with Crippen LogP contribution in [0.5, 0.6) is 0 Å². The summed E-state index contributed by atoms with van der Waals surface area (Å²) in [5, 5.41) is 11.3. The number of aromatic nitrogens is 3. The topological polar surface area (TPSA) is 87.7 Å². The number of aryl methyl sites for hydroxylation is 1. The van der Waals surface area contributed by atoms with Crippen molar-refractivity contribution in [3.8, 4) is 0 Å². The molecule has 2 aromatic heterocycles. The van der Waals surface area contributed by atoms with E-state index >= 15 is 0 Å². The zero-order valence-electron chi connectivity index (χ0n) is 11.2. The maximum absolute atomic E-state index is 12.2. The molecule has 104 valence electrons. The summed E-state index contributed by atoms with van der Waals surface area (Å²) in [6.45, 7) is 3.46. The Morgan fingerprint density at radius 3 is 2.90 bits per heavy atom. The predicted octanol–water partition coefficient (Wildman–Crippen LogP) is 1.97. The first kappa shape index (κ1) is 13.0. The van der Waals surface area contributed by atoms with Gasteiger partial charge in [0.05, 0.1) is 11.4 Å². The van der Waals surface area contributed by atoms with Crippen LogP contribution in [-0.2, 0) is 0 Å². The van der Waals surface area contributed by atoms with Gasteiger partial charge < -0.3 is 0 Å². The average molecular weight is 290 g/mol. The third kappa shape index (κ3) is 2.36. The van der Waals surface area contributed by atoms with Crippen molar-refractivity contribution in [1.29, 1.82) is 0 Å². The molecule has 0 aromatic carbocycles. The molecule has 0 atom stereocenters. The molecule has 0 aliphatic heterocycles. The number of carbonyl (C=O) groups is 1. The Morgan fingerprint density at radius 2 is 2.20 bits per heavy atom.